The summed E-state index contributed by atoms with van der Waals surface area (Å²) in [6, 6.07) is 14.7. The van der Waals surface area contributed by atoms with Crippen LogP contribution in [-0.2, 0) is 22.4 Å². The first-order valence-electron chi connectivity index (χ1n) is 9.04. The molecule has 6 heteroatoms. The second-order valence-electron chi connectivity index (χ2n) is 6.29. The van der Waals surface area contributed by atoms with E-state index in [1.54, 1.807) is 11.3 Å². The highest BCUT2D eigenvalue weighted by Gasteiger charge is 2.13. The highest BCUT2D eigenvalue weighted by Crippen LogP contribution is 2.25. The van der Waals surface area contributed by atoms with Gasteiger partial charge >= 0.3 is 0 Å². The summed E-state index contributed by atoms with van der Waals surface area (Å²) >= 11 is 1.60. The maximum absolute atomic E-state index is 12.1. The molecular weight excluding hydrogens is 360 g/mol. The molecule has 0 aliphatic heterocycles. The molecule has 0 radical (unpaired) electrons. The quantitative estimate of drug-likeness (QED) is 0.557. The average molecular weight is 385 g/mol. The number of amides is 1. The van der Waals surface area contributed by atoms with E-state index in [0.29, 0.717) is 26.2 Å². The number of nitrogens with zero attached hydrogens (tertiary/aromatic N) is 1. The molecule has 0 bridgehead atoms. The van der Waals surface area contributed by atoms with Crippen molar-refractivity contribution in [3.05, 3.63) is 63.6 Å². The summed E-state index contributed by atoms with van der Waals surface area (Å²) in [6.07, 6.45) is 1.10. The monoisotopic (exact) mass is 384 g/mol. The van der Waals surface area contributed by atoms with Crippen molar-refractivity contribution in [1.82, 2.24) is 10.3 Å². The molecule has 2 N–H and O–H groups in total. The number of carbonyl (C=O) groups is 1. The summed E-state index contributed by atoms with van der Waals surface area (Å²) in [4.78, 5) is 17.8. The van der Waals surface area contributed by atoms with Crippen LogP contribution >= 0.6 is 11.3 Å². The molecule has 2 aromatic carbocycles. The van der Waals surface area contributed by atoms with Gasteiger partial charge < -0.3 is 15.2 Å². The highest BCUT2D eigenvalue weighted by molar-refractivity contribution is 7.11. The van der Waals surface area contributed by atoms with Crippen LogP contribution in [-0.4, -0.2) is 42.4 Å². The largest absolute Gasteiger partial charge is 0.394 e. The van der Waals surface area contributed by atoms with Gasteiger partial charge in [-0.1, -0.05) is 42.5 Å². The van der Waals surface area contributed by atoms with Crippen LogP contribution in [0.5, 0.6) is 0 Å². The first kappa shape index (κ1) is 19.5. The molecule has 0 unspecified atom stereocenters. The fraction of sp³-hybridized carbons (Fsp3) is 0.333. The zero-order chi connectivity index (χ0) is 19.1. The lowest BCUT2D eigenvalue weighted by Crippen LogP contribution is -2.28. The number of rotatable bonds is 9. The lowest BCUT2D eigenvalue weighted by molar-refractivity contribution is -0.120. The average Bonchev–Trinajstić information content (AvgIpc) is 3.01. The Morgan fingerprint density at radius 3 is 2.85 bits per heavy atom. The van der Waals surface area contributed by atoms with Crippen LogP contribution in [0.3, 0.4) is 0 Å². The second kappa shape index (κ2) is 9.60. The molecule has 0 spiro atoms. The van der Waals surface area contributed by atoms with Gasteiger partial charge in [0.2, 0.25) is 5.91 Å². The van der Waals surface area contributed by atoms with Crippen molar-refractivity contribution >= 4 is 28.0 Å². The number of thiazole rings is 1. The van der Waals surface area contributed by atoms with Crippen LogP contribution < -0.4 is 5.32 Å². The summed E-state index contributed by atoms with van der Waals surface area (Å²) in [5.74, 6) is -0.0361. The predicted octanol–water partition coefficient (Wildman–Crippen LogP) is 2.86. The van der Waals surface area contributed by atoms with Gasteiger partial charge in [0, 0.05) is 17.8 Å². The van der Waals surface area contributed by atoms with Gasteiger partial charge in [-0.2, -0.15) is 0 Å². The molecule has 3 aromatic rings. The number of aliphatic hydroxyl groups is 1. The Morgan fingerprint density at radius 2 is 2.00 bits per heavy atom. The van der Waals surface area contributed by atoms with Gasteiger partial charge in [-0.15, -0.1) is 11.3 Å². The van der Waals surface area contributed by atoms with E-state index in [2.05, 4.69) is 46.7 Å². The van der Waals surface area contributed by atoms with E-state index in [-0.39, 0.29) is 12.5 Å². The van der Waals surface area contributed by atoms with E-state index in [1.165, 1.54) is 16.3 Å². The lowest BCUT2D eigenvalue weighted by Gasteiger charge is -2.05. The van der Waals surface area contributed by atoms with E-state index in [9.17, 15) is 4.79 Å². The van der Waals surface area contributed by atoms with Gasteiger partial charge in [0.1, 0.15) is 0 Å². The first-order valence-corrected chi connectivity index (χ1v) is 9.86. The second-order valence-corrected chi connectivity index (χ2v) is 7.46. The molecule has 142 valence electrons. The van der Waals surface area contributed by atoms with Crippen LogP contribution in [0.1, 0.15) is 21.1 Å². The normalized spacial score (nSPS) is 11.0. The van der Waals surface area contributed by atoms with Crippen molar-refractivity contribution in [2.24, 2.45) is 0 Å². The zero-order valence-corrected chi connectivity index (χ0v) is 16.2. The zero-order valence-electron chi connectivity index (χ0n) is 15.4. The molecule has 0 aliphatic carbocycles. The predicted molar refractivity (Wildman–Crippen MR) is 108 cm³/mol. The fourth-order valence-electron chi connectivity index (χ4n) is 2.98. The van der Waals surface area contributed by atoms with E-state index >= 15 is 0 Å². The maximum Gasteiger partial charge on any atom is 0.225 e. The van der Waals surface area contributed by atoms with Gasteiger partial charge in [0.25, 0.3) is 0 Å². The van der Waals surface area contributed by atoms with Gasteiger partial charge in [0.15, 0.2) is 0 Å². The number of aliphatic hydroxyl groups excluding tert-OH is 1. The van der Waals surface area contributed by atoms with Crippen molar-refractivity contribution in [2.45, 2.75) is 19.8 Å². The summed E-state index contributed by atoms with van der Waals surface area (Å²) in [5, 5.41) is 15.0. The van der Waals surface area contributed by atoms with Crippen LogP contribution in [0.2, 0.25) is 0 Å². The summed E-state index contributed by atoms with van der Waals surface area (Å²) < 4.78 is 5.14. The Balaban J connectivity index is 1.61. The molecule has 1 amide bonds. The first-order chi connectivity index (χ1) is 13.2. The van der Waals surface area contributed by atoms with Gasteiger partial charge in [-0.25, -0.2) is 4.98 Å². The molecule has 0 aliphatic rings. The Labute approximate surface area is 163 Å². The molecule has 1 heterocycles. The van der Waals surface area contributed by atoms with E-state index < -0.39 is 0 Å². The minimum absolute atomic E-state index is 0.00647. The summed E-state index contributed by atoms with van der Waals surface area (Å²) in [6.45, 7) is 3.09. The molecule has 0 atom stereocenters. The van der Waals surface area contributed by atoms with E-state index in [4.69, 9.17) is 9.84 Å². The number of carbonyl (C=O) groups excluding carboxylic acids is 1. The Kier molecular flexibility index (Phi) is 6.92. The van der Waals surface area contributed by atoms with Crippen molar-refractivity contribution < 1.29 is 14.6 Å². The number of nitrogens with one attached hydrogen (secondary N) is 1. The Morgan fingerprint density at radius 1 is 1.19 bits per heavy atom. The van der Waals surface area contributed by atoms with Gasteiger partial charge in [-0.05, 0) is 23.3 Å². The minimum Gasteiger partial charge on any atom is -0.394 e. The molecule has 0 fully saturated rings. The van der Waals surface area contributed by atoms with Crippen molar-refractivity contribution in [2.75, 3.05) is 26.4 Å². The van der Waals surface area contributed by atoms with Crippen LogP contribution in [0, 0.1) is 6.92 Å². The van der Waals surface area contributed by atoms with Crippen molar-refractivity contribution in [1.29, 1.82) is 0 Å². The smallest absolute Gasteiger partial charge is 0.225 e. The molecule has 0 saturated heterocycles. The maximum atomic E-state index is 12.1. The third kappa shape index (κ3) is 5.35. The van der Waals surface area contributed by atoms with E-state index in [1.807, 2.05) is 13.0 Å². The molecule has 27 heavy (non-hydrogen) atoms. The van der Waals surface area contributed by atoms with E-state index in [0.717, 1.165) is 22.0 Å². The highest BCUT2D eigenvalue weighted by atomic mass is 32.1. The van der Waals surface area contributed by atoms with Gasteiger partial charge in [-0.3, -0.25) is 4.79 Å². The number of hydrogen-bond acceptors (Lipinski definition) is 5. The molecular formula is C21H24N2O3S. The molecule has 0 saturated carbocycles. The topological polar surface area (TPSA) is 71.5 Å². The fourth-order valence-corrected chi connectivity index (χ4v) is 4.07. The Hall–Kier alpha value is -2.28. The third-order valence-corrected chi connectivity index (χ3v) is 5.44. The number of ether oxygens (including phenoxy) is 1. The number of fused-ring (bicyclic) bond motifs is 1. The number of aryl methyl sites for hydroxylation is 1. The molecule has 5 nitrogen and oxygen atoms in total. The third-order valence-electron chi connectivity index (χ3n) is 4.28. The summed E-state index contributed by atoms with van der Waals surface area (Å²) in [5.41, 5.74) is 2.17. The lowest BCUT2D eigenvalue weighted by atomic mass is 10.0. The Bertz CT molecular complexity index is 902. The van der Waals surface area contributed by atoms with Crippen LogP contribution in [0.25, 0.3) is 10.8 Å². The van der Waals surface area contributed by atoms with Crippen molar-refractivity contribution in [3.63, 3.8) is 0 Å². The van der Waals surface area contributed by atoms with Crippen LogP contribution in [0.15, 0.2) is 42.5 Å². The molecule has 3 rings (SSSR count). The summed E-state index contributed by atoms with van der Waals surface area (Å²) in [7, 11) is 0. The number of aromatic nitrogens is 1. The molecule has 1 aromatic heterocycles. The van der Waals surface area contributed by atoms with Crippen LogP contribution in [0.4, 0.5) is 0 Å². The minimum atomic E-state index is -0.0361. The van der Waals surface area contributed by atoms with Crippen molar-refractivity contribution in [3.8, 4) is 0 Å². The number of hydrogen-bond donors (Lipinski definition) is 2. The SMILES string of the molecule is Cc1nc(Cc2cccc3ccccc23)sc1CC(=O)NCCOCCO. The van der Waals surface area contributed by atoms with Gasteiger partial charge in [0.05, 0.1) is 36.9 Å². The standard InChI is InChI=1S/C21H24N2O3S/c1-15-19(14-20(25)22-9-11-26-12-10-24)27-21(23-15)13-17-7-4-6-16-5-2-3-8-18(16)17/h2-8,24H,9-14H2,1H3,(H,22,25). The number of benzene rings is 2.